The minimum atomic E-state index is 0.0636. The molecule has 22 heavy (non-hydrogen) atoms. The molecule has 0 amide bonds. The van der Waals surface area contributed by atoms with Crippen LogP contribution < -0.4 is 5.73 Å². The van der Waals surface area contributed by atoms with Gasteiger partial charge in [-0.25, -0.2) is 9.67 Å². The van der Waals surface area contributed by atoms with E-state index in [1.165, 1.54) is 5.56 Å². The lowest BCUT2D eigenvalue weighted by Gasteiger charge is -2.23. The van der Waals surface area contributed by atoms with E-state index >= 15 is 0 Å². The van der Waals surface area contributed by atoms with Gasteiger partial charge in [0.25, 0.3) is 5.95 Å². The number of rotatable bonds is 2. The van der Waals surface area contributed by atoms with Crippen molar-refractivity contribution in [1.82, 2.24) is 14.8 Å². The molecule has 1 unspecified atom stereocenters. The number of benzene rings is 2. The highest BCUT2D eigenvalue weighted by atomic mass is 15.4. The van der Waals surface area contributed by atoms with Crippen molar-refractivity contribution in [3.05, 3.63) is 71.8 Å². The lowest BCUT2D eigenvalue weighted by atomic mass is 9.96. The second-order valence-corrected chi connectivity index (χ2v) is 5.27. The van der Waals surface area contributed by atoms with Crippen LogP contribution >= 0.6 is 0 Å². The summed E-state index contributed by atoms with van der Waals surface area (Å²) in [6, 6.07) is 20.5. The topological polar surface area (TPSA) is 69.1 Å². The smallest absolute Gasteiger partial charge is 0.250 e. The number of hydrogen-bond donors (Lipinski definition) is 1. The van der Waals surface area contributed by atoms with Gasteiger partial charge in [-0.3, -0.25) is 0 Å². The molecule has 1 aromatic heterocycles. The maximum absolute atomic E-state index is 5.77. The zero-order chi connectivity index (χ0) is 14.9. The summed E-state index contributed by atoms with van der Waals surface area (Å²) >= 11 is 0. The third kappa shape index (κ3) is 2.16. The molecule has 0 bridgehead atoms. The van der Waals surface area contributed by atoms with Crippen LogP contribution in [0.5, 0.6) is 0 Å². The van der Waals surface area contributed by atoms with Crippen LogP contribution in [0.2, 0.25) is 0 Å². The van der Waals surface area contributed by atoms with E-state index < -0.39 is 0 Å². The van der Waals surface area contributed by atoms with E-state index in [0.29, 0.717) is 5.95 Å². The average molecular weight is 289 g/mol. The van der Waals surface area contributed by atoms with Gasteiger partial charge in [-0.05, 0) is 11.1 Å². The molecule has 2 heterocycles. The van der Waals surface area contributed by atoms with E-state index in [9.17, 15) is 0 Å². The van der Waals surface area contributed by atoms with Crippen LogP contribution in [-0.4, -0.2) is 20.5 Å². The maximum Gasteiger partial charge on any atom is 0.250 e. The van der Waals surface area contributed by atoms with Crippen molar-refractivity contribution in [2.24, 2.45) is 4.99 Å². The summed E-state index contributed by atoms with van der Waals surface area (Å²) in [6.07, 6.45) is 0.768. The number of aliphatic imine (C=N–C) groups is 1. The fraction of sp³-hybridized carbons (Fsp3) is 0.118. The molecule has 108 valence electrons. The first-order chi connectivity index (χ1) is 10.8. The molecule has 3 aromatic rings. The Morgan fingerprint density at radius 3 is 2.36 bits per heavy atom. The first-order valence-electron chi connectivity index (χ1n) is 7.21. The predicted octanol–water partition coefficient (Wildman–Crippen LogP) is 2.97. The minimum absolute atomic E-state index is 0.0636. The molecule has 2 aromatic carbocycles. The molecule has 2 N–H and O–H groups in total. The van der Waals surface area contributed by atoms with Crippen LogP contribution in [0.25, 0.3) is 0 Å². The zero-order valence-corrected chi connectivity index (χ0v) is 11.9. The summed E-state index contributed by atoms with van der Waals surface area (Å²) in [4.78, 5) is 8.88. The van der Waals surface area contributed by atoms with Gasteiger partial charge < -0.3 is 5.73 Å². The van der Waals surface area contributed by atoms with Gasteiger partial charge >= 0.3 is 0 Å². The van der Waals surface area contributed by atoms with Crippen LogP contribution in [0.15, 0.2) is 65.7 Å². The Morgan fingerprint density at radius 2 is 1.64 bits per heavy atom. The number of anilines is 1. The third-order valence-electron chi connectivity index (χ3n) is 3.84. The van der Waals surface area contributed by atoms with Crippen LogP contribution in [0.4, 0.5) is 11.9 Å². The highest BCUT2D eigenvalue weighted by Gasteiger charge is 2.26. The molecule has 1 aliphatic heterocycles. The summed E-state index contributed by atoms with van der Waals surface area (Å²) in [6.45, 7) is 0. The summed E-state index contributed by atoms with van der Waals surface area (Å²) in [5.74, 6) is 0.824. The molecule has 0 fully saturated rings. The zero-order valence-electron chi connectivity index (χ0n) is 11.9. The van der Waals surface area contributed by atoms with E-state index in [0.717, 1.165) is 17.7 Å². The Kier molecular flexibility index (Phi) is 2.96. The standard InChI is InChI=1S/C17H15N5/c18-16-20-17-19-14(12-7-3-1-4-8-12)11-15(22(17)21-16)13-9-5-2-6-10-13/h1-10,15H,11H2,(H2,18,21). The van der Waals surface area contributed by atoms with Gasteiger partial charge in [-0.15, -0.1) is 5.10 Å². The quantitative estimate of drug-likeness (QED) is 0.788. The van der Waals surface area contributed by atoms with Crippen molar-refractivity contribution in [2.75, 3.05) is 5.73 Å². The Morgan fingerprint density at radius 1 is 0.955 bits per heavy atom. The molecule has 0 saturated carbocycles. The maximum atomic E-state index is 5.77. The van der Waals surface area contributed by atoms with Gasteiger partial charge in [-0.2, -0.15) is 4.98 Å². The molecule has 4 rings (SSSR count). The lowest BCUT2D eigenvalue weighted by molar-refractivity contribution is 0.532. The number of nitrogen functional groups attached to an aromatic ring is 1. The highest BCUT2D eigenvalue weighted by Crippen LogP contribution is 2.32. The Balaban J connectivity index is 1.83. The van der Waals surface area contributed by atoms with E-state index in [1.807, 2.05) is 41.1 Å². The summed E-state index contributed by atoms with van der Waals surface area (Å²) in [5, 5.41) is 4.31. The van der Waals surface area contributed by atoms with Crippen LogP contribution in [0.1, 0.15) is 23.6 Å². The summed E-state index contributed by atoms with van der Waals surface area (Å²) in [5.41, 5.74) is 9.06. The van der Waals surface area contributed by atoms with Crippen LogP contribution in [0.3, 0.4) is 0 Å². The van der Waals surface area contributed by atoms with Crippen molar-refractivity contribution in [3.8, 4) is 0 Å². The second kappa shape index (κ2) is 5.11. The summed E-state index contributed by atoms with van der Waals surface area (Å²) < 4.78 is 1.82. The third-order valence-corrected chi connectivity index (χ3v) is 3.84. The SMILES string of the molecule is Nc1nc2n(n1)C(c1ccccc1)CC(c1ccccc1)=N2. The fourth-order valence-electron chi connectivity index (χ4n) is 2.80. The normalized spacial score (nSPS) is 16.9. The lowest BCUT2D eigenvalue weighted by Crippen LogP contribution is -2.21. The monoisotopic (exact) mass is 289 g/mol. The van der Waals surface area contributed by atoms with Crippen molar-refractivity contribution in [1.29, 1.82) is 0 Å². The van der Waals surface area contributed by atoms with E-state index in [2.05, 4.69) is 39.3 Å². The molecule has 0 saturated heterocycles. The molecule has 5 nitrogen and oxygen atoms in total. The van der Waals surface area contributed by atoms with Gasteiger partial charge in [0.1, 0.15) is 0 Å². The second-order valence-electron chi connectivity index (χ2n) is 5.27. The van der Waals surface area contributed by atoms with Gasteiger partial charge in [0.15, 0.2) is 0 Å². The number of fused-ring (bicyclic) bond motifs is 1. The number of nitrogens with two attached hydrogens (primary N) is 1. The molecule has 0 aliphatic carbocycles. The first-order valence-corrected chi connectivity index (χ1v) is 7.21. The molecule has 1 atom stereocenters. The van der Waals surface area contributed by atoms with Crippen LogP contribution in [-0.2, 0) is 0 Å². The van der Waals surface area contributed by atoms with Crippen LogP contribution in [0, 0.1) is 0 Å². The van der Waals surface area contributed by atoms with E-state index in [4.69, 9.17) is 5.73 Å². The van der Waals surface area contributed by atoms with Gasteiger partial charge in [0, 0.05) is 6.42 Å². The van der Waals surface area contributed by atoms with E-state index in [-0.39, 0.29) is 12.0 Å². The highest BCUT2D eigenvalue weighted by molar-refractivity contribution is 6.02. The van der Waals surface area contributed by atoms with Gasteiger partial charge in [0.05, 0.1) is 11.8 Å². The van der Waals surface area contributed by atoms with Gasteiger partial charge in [-0.1, -0.05) is 60.7 Å². The van der Waals surface area contributed by atoms with Crippen molar-refractivity contribution >= 4 is 17.6 Å². The van der Waals surface area contributed by atoms with Crippen molar-refractivity contribution in [3.63, 3.8) is 0 Å². The summed E-state index contributed by atoms with van der Waals surface area (Å²) in [7, 11) is 0. The number of hydrogen-bond acceptors (Lipinski definition) is 4. The predicted molar refractivity (Wildman–Crippen MR) is 86.3 cm³/mol. The largest absolute Gasteiger partial charge is 0.366 e. The average Bonchev–Trinajstić information content (AvgIpc) is 2.95. The number of aromatic nitrogens is 3. The Labute approximate surface area is 128 Å². The van der Waals surface area contributed by atoms with E-state index in [1.54, 1.807) is 0 Å². The molecule has 0 radical (unpaired) electrons. The number of nitrogens with zero attached hydrogens (tertiary/aromatic N) is 4. The fourth-order valence-corrected chi connectivity index (χ4v) is 2.80. The Hall–Kier alpha value is -2.95. The molecule has 0 spiro atoms. The minimum Gasteiger partial charge on any atom is -0.366 e. The van der Waals surface area contributed by atoms with Crippen molar-refractivity contribution in [2.45, 2.75) is 12.5 Å². The van der Waals surface area contributed by atoms with Gasteiger partial charge in [0.2, 0.25) is 5.95 Å². The molecular formula is C17H15N5. The molecule has 5 heteroatoms. The molecular weight excluding hydrogens is 274 g/mol. The Bertz CT molecular complexity index is 821. The molecule has 1 aliphatic rings. The van der Waals surface area contributed by atoms with Crippen molar-refractivity contribution < 1.29 is 0 Å². The first kappa shape index (κ1) is 12.8.